The minimum atomic E-state index is -0.208. The Morgan fingerprint density at radius 1 is 1.06 bits per heavy atom. The fraction of sp³-hybridized carbons (Fsp3) is 0.125. The van der Waals surface area contributed by atoms with Gasteiger partial charge in [0.1, 0.15) is 16.4 Å². The number of benzene rings is 2. The van der Waals surface area contributed by atoms with E-state index in [9.17, 15) is 4.79 Å². The van der Waals surface area contributed by atoms with Gasteiger partial charge in [-0.1, -0.05) is 35.0 Å². The molecule has 0 unspecified atom stereocenters. The summed E-state index contributed by atoms with van der Waals surface area (Å²) >= 11 is 1.55. The van der Waals surface area contributed by atoms with Gasteiger partial charge >= 0.3 is 0 Å². The summed E-state index contributed by atoms with van der Waals surface area (Å²) in [7, 11) is 0. The highest BCUT2D eigenvalue weighted by Crippen LogP contribution is 2.33. The molecule has 0 aliphatic heterocycles. The van der Waals surface area contributed by atoms with E-state index >= 15 is 0 Å². The van der Waals surface area contributed by atoms with E-state index < -0.39 is 0 Å². The number of aromatic nitrogens is 4. The first kappa shape index (κ1) is 20.0. The quantitative estimate of drug-likeness (QED) is 0.414. The van der Waals surface area contributed by atoms with Crippen molar-refractivity contribution in [3.8, 4) is 22.0 Å². The first-order valence-corrected chi connectivity index (χ1v) is 10.9. The maximum atomic E-state index is 12.7. The van der Waals surface area contributed by atoms with Crippen LogP contribution in [0, 0.1) is 13.8 Å². The van der Waals surface area contributed by atoms with E-state index in [2.05, 4.69) is 51.6 Å². The van der Waals surface area contributed by atoms with Gasteiger partial charge in [0.2, 0.25) is 0 Å². The van der Waals surface area contributed by atoms with Gasteiger partial charge in [-0.2, -0.15) is 0 Å². The molecule has 0 saturated carbocycles. The lowest BCUT2D eigenvalue weighted by Gasteiger charge is -2.05. The Kier molecular flexibility index (Phi) is 5.20. The van der Waals surface area contributed by atoms with Gasteiger partial charge in [-0.05, 0) is 32.0 Å². The van der Waals surface area contributed by atoms with Gasteiger partial charge < -0.3 is 9.84 Å². The van der Waals surface area contributed by atoms with E-state index in [0.717, 1.165) is 27.3 Å². The van der Waals surface area contributed by atoms with Crippen LogP contribution >= 0.6 is 11.3 Å². The fourth-order valence-corrected chi connectivity index (χ4v) is 4.07. The Morgan fingerprint density at radius 2 is 1.91 bits per heavy atom. The van der Waals surface area contributed by atoms with Crippen molar-refractivity contribution in [3.63, 3.8) is 0 Å². The lowest BCUT2D eigenvalue weighted by Crippen LogP contribution is -2.23. The first-order valence-electron chi connectivity index (χ1n) is 10.0. The second-order valence-electron chi connectivity index (χ2n) is 7.48. The van der Waals surface area contributed by atoms with Crippen LogP contribution < -0.4 is 5.32 Å². The van der Waals surface area contributed by atoms with Crippen molar-refractivity contribution in [2.45, 2.75) is 20.4 Å². The van der Waals surface area contributed by atoms with Crippen molar-refractivity contribution in [1.82, 2.24) is 25.4 Å². The maximum absolute atomic E-state index is 12.7. The third-order valence-corrected chi connectivity index (χ3v) is 5.93. The van der Waals surface area contributed by atoms with Gasteiger partial charge in [-0.3, -0.25) is 14.8 Å². The zero-order chi connectivity index (χ0) is 22.1. The number of carbonyl (C=O) groups is 1. The van der Waals surface area contributed by atoms with Crippen LogP contribution in [0.5, 0.6) is 0 Å². The third kappa shape index (κ3) is 4.00. The number of aryl methyl sites for hydroxylation is 2. The van der Waals surface area contributed by atoms with Crippen LogP contribution in [0.3, 0.4) is 0 Å². The van der Waals surface area contributed by atoms with Crippen molar-refractivity contribution >= 4 is 28.2 Å². The van der Waals surface area contributed by atoms with Gasteiger partial charge in [-0.15, -0.1) is 11.3 Å². The summed E-state index contributed by atoms with van der Waals surface area (Å²) in [6.07, 6.45) is 3.33. The SMILES string of the molecule is Cc1ccc(-c2nc(-c3noc4ccc(C(=O)NCc5cnc(C)cn5)cc34)cs2)cc1. The number of amides is 1. The molecule has 0 aliphatic carbocycles. The summed E-state index contributed by atoms with van der Waals surface area (Å²) in [5.74, 6) is -0.208. The van der Waals surface area contributed by atoms with E-state index in [1.165, 1.54) is 5.56 Å². The Hall–Kier alpha value is -3.91. The Morgan fingerprint density at radius 3 is 2.69 bits per heavy atom. The van der Waals surface area contributed by atoms with E-state index in [-0.39, 0.29) is 5.91 Å². The second-order valence-corrected chi connectivity index (χ2v) is 8.34. The van der Waals surface area contributed by atoms with E-state index in [1.807, 2.05) is 12.3 Å². The number of nitrogens with one attached hydrogen (secondary N) is 1. The monoisotopic (exact) mass is 441 g/mol. The molecule has 0 atom stereocenters. The van der Waals surface area contributed by atoms with Gasteiger partial charge in [0.25, 0.3) is 5.91 Å². The van der Waals surface area contributed by atoms with Gasteiger partial charge in [0, 0.05) is 22.7 Å². The topological polar surface area (TPSA) is 93.8 Å². The number of fused-ring (bicyclic) bond motifs is 1. The number of carbonyl (C=O) groups excluding carboxylic acids is 1. The van der Waals surface area contributed by atoms with Crippen LogP contribution in [0.25, 0.3) is 32.9 Å². The summed E-state index contributed by atoms with van der Waals surface area (Å²) in [4.78, 5) is 25.9. The number of nitrogens with zero attached hydrogens (tertiary/aromatic N) is 4. The van der Waals surface area contributed by atoms with Gasteiger partial charge in [-0.25, -0.2) is 4.98 Å². The van der Waals surface area contributed by atoms with Crippen LogP contribution in [0.1, 0.15) is 27.3 Å². The fourth-order valence-electron chi connectivity index (χ4n) is 3.26. The molecule has 8 heteroatoms. The van der Waals surface area contributed by atoms with Crippen LogP contribution in [-0.4, -0.2) is 26.0 Å². The van der Waals surface area contributed by atoms with Gasteiger partial charge in [0.15, 0.2) is 5.58 Å². The molecule has 7 nitrogen and oxygen atoms in total. The summed E-state index contributed by atoms with van der Waals surface area (Å²) in [6.45, 7) is 4.22. The largest absolute Gasteiger partial charge is 0.356 e. The molecule has 0 spiro atoms. The normalized spacial score (nSPS) is 11.1. The molecule has 5 rings (SSSR count). The smallest absolute Gasteiger partial charge is 0.251 e. The van der Waals surface area contributed by atoms with Crippen LogP contribution in [-0.2, 0) is 6.54 Å². The molecule has 0 radical (unpaired) electrons. The van der Waals surface area contributed by atoms with Crippen molar-refractivity contribution in [1.29, 1.82) is 0 Å². The molecule has 1 amide bonds. The molecule has 0 bridgehead atoms. The molecule has 3 aromatic heterocycles. The van der Waals surface area contributed by atoms with Crippen LogP contribution in [0.2, 0.25) is 0 Å². The maximum Gasteiger partial charge on any atom is 0.251 e. The molecule has 0 fully saturated rings. The second kappa shape index (κ2) is 8.32. The Balaban J connectivity index is 1.39. The van der Waals surface area contributed by atoms with Crippen molar-refractivity contribution in [3.05, 3.63) is 82.8 Å². The molecule has 158 valence electrons. The molecule has 1 N–H and O–H groups in total. The number of hydrogen-bond acceptors (Lipinski definition) is 7. The molecule has 3 heterocycles. The highest BCUT2D eigenvalue weighted by molar-refractivity contribution is 7.13. The van der Waals surface area contributed by atoms with Gasteiger partial charge in [0.05, 0.1) is 29.5 Å². The summed E-state index contributed by atoms with van der Waals surface area (Å²) in [5, 5.41) is 10.7. The third-order valence-electron chi connectivity index (χ3n) is 5.04. The van der Waals surface area contributed by atoms with Crippen LogP contribution in [0.4, 0.5) is 0 Å². The first-order chi connectivity index (χ1) is 15.6. The van der Waals surface area contributed by atoms with Crippen molar-refractivity contribution < 1.29 is 9.32 Å². The average Bonchev–Trinajstić information content (AvgIpc) is 3.45. The minimum absolute atomic E-state index is 0.208. The lowest BCUT2D eigenvalue weighted by molar-refractivity contribution is 0.0950. The Labute approximate surface area is 188 Å². The molecule has 0 aliphatic rings. The molecule has 2 aromatic carbocycles. The van der Waals surface area contributed by atoms with Crippen molar-refractivity contribution in [2.24, 2.45) is 0 Å². The average molecular weight is 442 g/mol. The number of thiazole rings is 1. The highest BCUT2D eigenvalue weighted by Gasteiger charge is 2.17. The summed E-state index contributed by atoms with van der Waals surface area (Å²) in [5.41, 5.74) is 6.24. The van der Waals surface area contributed by atoms with Crippen molar-refractivity contribution in [2.75, 3.05) is 0 Å². The Bertz CT molecular complexity index is 1400. The standard InChI is InChI=1S/C24H19N5O2S/c1-14-3-5-16(6-4-14)24-28-20(13-32-24)22-19-9-17(7-8-21(19)31-29-22)23(30)27-12-18-11-25-15(2)10-26-18/h3-11,13H,12H2,1-2H3,(H,27,30). The summed E-state index contributed by atoms with van der Waals surface area (Å²) in [6, 6.07) is 13.5. The number of hydrogen-bond donors (Lipinski definition) is 1. The minimum Gasteiger partial charge on any atom is -0.356 e. The highest BCUT2D eigenvalue weighted by atomic mass is 32.1. The molecule has 5 aromatic rings. The molecular weight excluding hydrogens is 422 g/mol. The zero-order valence-corrected chi connectivity index (χ0v) is 18.3. The molecule has 0 saturated heterocycles. The zero-order valence-electron chi connectivity index (χ0n) is 17.5. The van der Waals surface area contributed by atoms with E-state index in [0.29, 0.717) is 29.1 Å². The lowest BCUT2D eigenvalue weighted by atomic mass is 10.1. The predicted octanol–water partition coefficient (Wildman–Crippen LogP) is 4.96. The summed E-state index contributed by atoms with van der Waals surface area (Å²) < 4.78 is 5.47. The van der Waals surface area contributed by atoms with E-state index in [1.54, 1.807) is 41.9 Å². The predicted molar refractivity (Wildman–Crippen MR) is 123 cm³/mol. The van der Waals surface area contributed by atoms with Crippen LogP contribution in [0.15, 0.2) is 64.8 Å². The molecule has 32 heavy (non-hydrogen) atoms. The number of rotatable bonds is 5. The van der Waals surface area contributed by atoms with E-state index in [4.69, 9.17) is 9.51 Å². The molecular formula is C24H19N5O2S.